The summed E-state index contributed by atoms with van der Waals surface area (Å²) < 4.78 is 73.1. The normalized spacial score (nSPS) is 12.1. The van der Waals surface area contributed by atoms with E-state index < -0.39 is 66.1 Å². The summed E-state index contributed by atoms with van der Waals surface area (Å²) in [7, 11) is 0. The molecule has 3 heterocycles. The maximum atomic E-state index is 15.0. The predicted molar refractivity (Wildman–Crippen MR) is 164 cm³/mol. The van der Waals surface area contributed by atoms with Crippen molar-refractivity contribution >= 4 is 46.1 Å². The molecule has 0 aliphatic rings. The summed E-state index contributed by atoms with van der Waals surface area (Å²) in [5.41, 5.74) is -0.566. The highest BCUT2D eigenvalue weighted by Crippen LogP contribution is 2.33. The number of aryl methyl sites for hydroxylation is 1. The maximum Gasteiger partial charge on any atom is 0.490 e. The lowest BCUT2D eigenvalue weighted by atomic mass is 10.0. The second-order valence-electron chi connectivity index (χ2n) is 10.2. The van der Waals surface area contributed by atoms with E-state index in [1.54, 1.807) is 19.1 Å². The van der Waals surface area contributed by atoms with Crippen molar-refractivity contribution in [2.45, 2.75) is 19.1 Å². The van der Waals surface area contributed by atoms with Crippen LogP contribution in [0, 0.1) is 18.6 Å². The van der Waals surface area contributed by atoms with E-state index in [4.69, 9.17) is 11.6 Å². The maximum absolute atomic E-state index is 15.0. The van der Waals surface area contributed by atoms with Crippen LogP contribution in [0.4, 0.5) is 33.6 Å². The molecule has 0 aliphatic carbocycles. The molecule has 248 valence electrons. The molecule has 1 unspecified atom stereocenters. The van der Waals surface area contributed by atoms with Gasteiger partial charge in [-0.3, -0.25) is 14.2 Å². The van der Waals surface area contributed by atoms with E-state index in [9.17, 15) is 32.7 Å². The third-order valence-corrected chi connectivity index (χ3v) is 7.08. The minimum Gasteiger partial charge on any atom is -0.457 e. The number of alkyl halides is 3. The number of carbonyl (C=O) groups is 2. The summed E-state index contributed by atoms with van der Waals surface area (Å²) in [6.45, 7) is -0.161. The molecule has 5 rings (SSSR count). The number of pyridine rings is 2. The Morgan fingerprint density at radius 1 is 1.04 bits per heavy atom. The minimum absolute atomic E-state index is 0.0544. The van der Waals surface area contributed by atoms with Gasteiger partial charge in [0.05, 0.1) is 23.9 Å². The molecule has 0 saturated heterocycles. The van der Waals surface area contributed by atoms with Crippen LogP contribution in [0.2, 0.25) is 5.15 Å². The summed E-state index contributed by atoms with van der Waals surface area (Å²) in [6.07, 6.45) is -4.03. The molecule has 1 amide bonds. The molecule has 0 bridgehead atoms. The molecule has 0 fully saturated rings. The topological polar surface area (TPSA) is 148 Å². The summed E-state index contributed by atoms with van der Waals surface area (Å²) in [5.74, 6) is -5.67. The molecular weight excluding hydrogens is 667 g/mol. The number of hydrogen-bond donors (Lipinski definition) is 3. The molecule has 48 heavy (non-hydrogen) atoms. The Labute approximate surface area is 272 Å². The number of aliphatic hydroxyl groups is 1. The van der Waals surface area contributed by atoms with E-state index >= 15 is 8.78 Å². The van der Waals surface area contributed by atoms with Crippen molar-refractivity contribution in [2.24, 2.45) is 0 Å². The van der Waals surface area contributed by atoms with Crippen molar-refractivity contribution < 1.29 is 41.4 Å². The number of aromatic nitrogens is 4. The lowest BCUT2D eigenvalue weighted by Crippen LogP contribution is -2.35. The van der Waals surface area contributed by atoms with Crippen LogP contribution < -0.4 is 16.2 Å². The van der Waals surface area contributed by atoms with Crippen LogP contribution in [0.15, 0.2) is 71.7 Å². The van der Waals surface area contributed by atoms with Gasteiger partial charge in [0.2, 0.25) is 5.95 Å². The fourth-order valence-electron chi connectivity index (χ4n) is 4.55. The number of esters is 1. The van der Waals surface area contributed by atoms with E-state index in [0.29, 0.717) is 15.7 Å². The summed E-state index contributed by atoms with van der Waals surface area (Å²) >= 11 is 5.81. The van der Waals surface area contributed by atoms with Crippen molar-refractivity contribution in [3.8, 4) is 16.9 Å². The van der Waals surface area contributed by atoms with Gasteiger partial charge in [-0.15, -0.1) is 0 Å². The second kappa shape index (κ2) is 13.7. The minimum atomic E-state index is -5.30. The van der Waals surface area contributed by atoms with Crippen LogP contribution in [-0.2, 0) is 9.53 Å². The molecule has 0 saturated carbocycles. The SMILES string of the molecule is Cc1ccc(NC(=O)c2ccc(Cl)nc2)cc1-c1nc(NC(CO)COC(=O)C(F)(F)F)nc2c1ccc(=O)n2-c1c(F)cccc1F. The number of halogens is 6. The third-order valence-electron chi connectivity index (χ3n) is 6.85. The summed E-state index contributed by atoms with van der Waals surface area (Å²) in [6, 6.07) is 11.5. The monoisotopic (exact) mass is 688 g/mol. The average Bonchev–Trinajstić information content (AvgIpc) is 3.04. The molecular formula is C31H22ClF5N6O5. The first kappa shape index (κ1) is 33.9. The molecule has 17 heteroatoms. The second-order valence-corrected chi connectivity index (χ2v) is 10.6. The Kier molecular flexibility index (Phi) is 9.67. The van der Waals surface area contributed by atoms with E-state index in [1.807, 2.05) is 0 Å². The van der Waals surface area contributed by atoms with E-state index in [1.165, 1.54) is 30.5 Å². The molecule has 0 radical (unpaired) electrons. The van der Waals surface area contributed by atoms with Crippen LogP contribution in [0.5, 0.6) is 0 Å². The molecule has 0 spiro atoms. The van der Waals surface area contributed by atoms with Crippen LogP contribution in [-0.4, -0.2) is 61.9 Å². The quantitative estimate of drug-likeness (QED) is 0.108. The first-order chi connectivity index (χ1) is 22.8. The molecule has 0 aliphatic heterocycles. The first-order valence-electron chi connectivity index (χ1n) is 13.8. The number of nitrogens with one attached hydrogen (secondary N) is 2. The van der Waals surface area contributed by atoms with Gasteiger partial charge in [0.25, 0.3) is 11.5 Å². The smallest absolute Gasteiger partial charge is 0.457 e. The number of ether oxygens (including phenoxy) is 1. The van der Waals surface area contributed by atoms with Crippen LogP contribution >= 0.6 is 11.6 Å². The standard InChI is InChI=1S/C31H22ClF5N6O5/c1-15-5-7-17(39-28(46)16-6-9-23(32)38-12-16)11-20(15)25-19-8-10-24(45)43(26-21(33)3-2-4-22(26)34)27(19)42-30(41-25)40-18(13-44)14-48-29(47)31(35,36)37/h2-12,18,44H,13-14H2,1H3,(H,39,46)(H,40,41,42). The van der Waals surface area contributed by atoms with Gasteiger partial charge in [0.15, 0.2) is 5.65 Å². The zero-order valence-electron chi connectivity index (χ0n) is 24.5. The Morgan fingerprint density at radius 2 is 1.77 bits per heavy atom. The number of fused-ring (bicyclic) bond motifs is 1. The van der Waals surface area contributed by atoms with Crippen molar-refractivity contribution in [3.63, 3.8) is 0 Å². The number of hydrogen-bond acceptors (Lipinski definition) is 9. The van der Waals surface area contributed by atoms with Crippen LogP contribution in [0.25, 0.3) is 28.0 Å². The Bertz CT molecular complexity index is 2070. The summed E-state index contributed by atoms with van der Waals surface area (Å²) in [4.78, 5) is 49.9. The van der Waals surface area contributed by atoms with Gasteiger partial charge >= 0.3 is 12.1 Å². The van der Waals surface area contributed by atoms with E-state index in [2.05, 4.69) is 30.3 Å². The van der Waals surface area contributed by atoms with Crippen LogP contribution in [0.3, 0.4) is 0 Å². The fourth-order valence-corrected chi connectivity index (χ4v) is 4.66. The number of carbonyl (C=O) groups excluding carboxylic acids is 2. The van der Waals surface area contributed by atoms with Gasteiger partial charge in [-0.05, 0) is 55.0 Å². The van der Waals surface area contributed by atoms with Crippen molar-refractivity contribution in [1.29, 1.82) is 0 Å². The van der Waals surface area contributed by atoms with Gasteiger partial charge in [-0.2, -0.15) is 18.2 Å². The van der Waals surface area contributed by atoms with Crippen molar-refractivity contribution in [1.82, 2.24) is 19.5 Å². The number of anilines is 2. The lowest BCUT2D eigenvalue weighted by molar-refractivity contribution is -0.200. The highest BCUT2D eigenvalue weighted by molar-refractivity contribution is 6.29. The van der Waals surface area contributed by atoms with E-state index in [0.717, 1.165) is 24.3 Å². The average molecular weight is 689 g/mol. The predicted octanol–water partition coefficient (Wildman–Crippen LogP) is 5.21. The Hall–Kier alpha value is -5.48. The third kappa shape index (κ3) is 7.24. The number of aliphatic hydroxyl groups excluding tert-OH is 1. The fraction of sp³-hybridized carbons (Fsp3) is 0.161. The van der Waals surface area contributed by atoms with Crippen molar-refractivity contribution in [2.75, 3.05) is 23.8 Å². The zero-order valence-corrected chi connectivity index (χ0v) is 25.2. The zero-order chi connectivity index (χ0) is 34.7. The molecule has 2 aromatic carbocycles. The highest BCUT2D eigenvalue weighted by atomic mass is 35.5. The molecule has 1 atom stereocenters. The molecule has 5 aromatic rings. The lowest BCUT2D eigenvalue weighted by Gasteiger charge is -2.20. The number of amides is 1. The largest absolute Gasteiger partial charge is 0.490 e. The van der Waals surface area contributed by atoms with Gasteiger partial charge in [-0.1, -0.05) is 23.7 Å². The molecule has 3 aromatic heterocycles. The van der Waals surface area contributed by atoms with E-state index in [-0.39, 0.29) is 33.1 Å². The highest BCUT2D eigenvalue weighted by Gasteiger charge is 2.41. The van der Waals surface area contributed by atoms with Gasteiger partial charge in [0.1, 0.15) is 29.1 Å². The van der Waals surface area contributed by atoms with Crippen LogP contribution in [0.1, 0.15) is 15.9 Å². The Balaban J connectivity index is 1.66. The Morgan fingerprint density at radius 3 is 2.42 bits per heavy atom. The van der Waals surface area contributed by atoms with Gasteiger partial charge < -0.3 is 20.5 Å². The van der Waals surface area contributed by atoms with Gasteiger partial charge in [-0.25, -0.2) is 23.5 Å². The van der Waals surface area contributed by atoms with Gasteiger partial charge in [0, 0.05) is 28.9 Å². The van der Waals surface area contributed by atoms with Crippen molar-refractivity contribution in [3.05, 3.63) is 105 Å². The number of nitrogens with zero attached hydrogens (tertiary/aromatic N) is 4. The number of para-hydroxylation sites is 1. The molecule has 11 nitrogen and oxygen atoms in total. The first-order valence-corrected chi connectivity index (χ1v) is 14.2. The summed E-state index contributed by atoms with van der Waals surface area (Å²) in [5, 5.41) is 15.4. The molecule has 3 N–H and O–H groups in total. The number of benzene rings is 2. The number of rotatable bonds is 9.